The Labute approximate surface area is 209 Å². The highest BCUT2D eigenvalue weighted by Gasteiger charge is 2.14. The van der Waals surface area contributed by atoms with Gasteiger partial charge in [0, 0.05) is 23.9 Å². The number of hydrogen-bond acceptors (Lipinski definition) is 10. The van der Waals surface area contributed by atoms with Crippen molar-refractivity contribution in [2.75, 3.05) is 43.1 Å². The third kappa shape index (κ3) is 5.99. The SMILES string of the molecule is C=C(C)c1cc(NC(=O)c2ccc(C)c(Nc3ncnc4cnc(NCCCN(C)C)nc34)c2)no1. The van der Waals surface area contributed by atoms with Gasteiger partial charge in [0.05, 0.1) is 6.20 Å². The summed E-state index contributed by atoms with van der Waals surface area (Å²) in [5.41, 5.74) is 3.99. The molecule has 4 rings (SSSR count). The Kier molecular flexibility index (Phi) is 7.50. The molecular formula is C25H29N9O2. The van der Waals surface area contributed by atoms with Crippen molar-refractivity contribution in [3.63, 3.8) is 0 Å². The Hall–Kier alpha value is -4.38. The van der Waals surface area contributed by atoms with Gasteiger partial charge < -0.3 is 25.4 Å². The molecule has 0 unspecified atom stereocenters. The smallest absolute Gasteiger partial charge is 0.256 e. The molecule has 0 radical (unpaired) electrons. The summed E-state index contributed by atoms with van der Waals surface area (Å²) >= 11 is 0. The second kappa shape index (κ2) is 10.9. The van der Waals surface area contributed by atoms with Crippen molar-refractivity contribution in [1.82, 2.24) is 30.0 Å². The molecule has 11 nitrogen and oxygen atoms in total. The van der Waals surface area contributed by atoms with E-state index in [9.17, 15) is 4.79 Å². The number of amides is 1. The van der Waals surface area contributed by atoms with Crippen molar-refractivity contribution in [3.05, 3.63) is 60.3 Å². The van der Waals surface area contributed by atoms with E-state index in [0.717, 1.165) is 30.6 Å². The van der Waals surface area contributed by atoms with Crippen molar-refractivity contribution in [1.29, 1.82) is 0 Å². The topological polar surface area (TPSA) is 134 Å². The molecule has 0 aliphatic carbocycles. The molecule has 0 atom stereocenters. The van der Waals surface area contributed by atoms with Crippen LogP contribution in [0.3, 0.4) is 0 Å². The number of anilines is 4. The van der Waals surface area contributed by atoms with Crippen molar-refractivity contribution >= 4 is 45.8 Å². The molecule has 0 spiro atoms. The van der Waals surface area contributed by atoms with E-state index in [2.05, 4.69) is 52.5 Å². The highest BCUT2D eigenvalue weighted by molar-refractivity contribution is 6.04. The second-order valence-electron chi connectivity index (χ2n) is 8.70. The van der Waals surface area contributed by atoms with Crippen molar-refractivity contribution < 1.29 is 9.32 Å². The standard InChI is InChI=1S/C25H29N9O2/c1-15(2)20-12-21(33-36-20)31-24(35)17-8-7-16(3)18(11-17)30-23-22-19(28-14-29-23)13-27-25(32-22)26-9-6-10-34(4)5/h7-8,11-14H,1,6,9-10H2,2-5H3,(H,26,27,32)(H,28,29,30)(H,31,33,35). The van der Waals surface area contributed by atoms with E-state index < -0.39 is 0 Å². The van der Waals surface area contributed by atoms with Crippen LogP contribution in [0, 0.1) is 6.92 Å². The lowest BCUT2D eigenvalue weighted by Crippen LogP contribution is -2.17. The van der Waals surface area contributed by atoms with E-state index in [-0.39, 0.29) is 5.91 Å². The fraction of sp³-hybridized carbons (Fsp3) is 0.280. The third-order valence-electron chi connectivity index (χ3n) is 5.37. The summed E-state index contributed by atoms with van der Waals surface area (Å²) in [6.45, 7) is 9.26. The summed E-state index contributed by atoms with van der Waals surface area (Å²) in [6, 6.07) is 6.98. The fourth-order valence-electron chi connectivity index (χ4n) is 3.38. The molecule has 0 aliphatic rings. The Morgan fingerprint density at radius 1 is 1.17 bits per heavy atom. The molecule has 0 bridgehead atoms. The molecule has 186 valence electrons. The van der Waals surface area contributed by atoms with Gasteiger partial charge in [0.15, 0.2) is 17.4 Å². The molecular weight excluding hydrogens is 458 g/mol. The van der Waals surface area contributed by atoms with Crippen LogP contribution in [0.15, 0.2) is 47.9 Å². The van der Waals surface area contributed by atoms with Crippen LogP contribution in [0.4, 0.5) is 23.3 Å². The number of carbonyl (C=O) groups is 1. The van der Waals surface area contributed by atoms with E-state index in [1.807, 2.05) is 27.1 Å². The average molecular weight is 488 g/mol. The summed E-state index contributed by atoms with van der Waals surface area (Å²) in [5.74, 6) is 1.53. The first-order chi connectivity index (χ1) is 17.3. The van der Waals surface area contributed by atoms with Gasteiger partial charge in [-0.05, 0) is 64.2 Å². The van der Waals surface area contributed by atoms with Gasteiger partial charge in [-0.1, -0.05) is 17.8 Å². The molecule has 4 aromatic rings. The molecule has 3 aromatic heterocycles. The minimum Gasteiger partial charge on any atom is -0.354 e. The van der Waals surface area contributed by atoms with Crippen LogP contribution in [0.1, 0.15) is 35.0 Å². The van der Waals surface area contributed by atoms with E-state index in [1.54, 1.807) is 31.3 Å². The van der Waals surface area contributed by atoms with Gasteiger partial charge >= 0.3 is 0 Å². The van der Waals surface area contributed by atoms with Gasteiger partial charge in [0.1, 0.15) is 17.4 Å². The van der Waals surface area contributed by atoms with Crippen LogP contribution in [0.25, 0.3) is 16.6 Å². The zero-order valence-corrected chi connectivity index (χ0v) is 20.8. The van der Waals surface area contributed by atoms with Crippen LogP contribution in [-0.2, 0) is 0 Å². The maximum atomic E-state index is 12.8. The first-order valence-corrected chi connectivity index (χ1v) is 11.5. The largest absolute Gasteiger partial charge is 0.354 e. The quantitative estimate of drug-likeness (QED) is 0.281. The molecule has 0 saturated carbocycles. The van der Waals surface area contributed by atoms with Gasteiger partial charge in [0.25, 0.3) is 5.91 Å². The second-order valence-corrected chi connectivity index (χ2v) is 8.70. The number of hydrogen-bond donors (Lipinski definition) is 3. The predicted molar refractivity (Wildman–Crippen MR) is 140 cm³/mol. The third-order valence-corrected chi connectivity index (χ3v) is 5.37. The minimum atomic E-state index is -0.321. The number of rotatable bonds is 10. The molecule has 3 heterocycles. The average Bonchev–Trinajstić information content (AvgIpc) is 3.32. The summed E-state index contributed by atoms with van der Waals surface area (Å²) in [5, 5.41) is 13.2. The Balaban J connectivity index is 1.53. The van der Waals surface area contributed by atoms with E-state index >= 15 is 0 Å². The van der Waals surface area contributed by atoms with Crippen molar-refractivity contribution in [2.24, 2.45) is 0 Å². The molecule has 0 aliphatic heterocycles. The number of fused-ring (bicyclic) bond motifs is 1. The summed E-state index contributed by atoms with van der Waals surface area (Å²) < 4.78 is 5.17. The van der Waals surface area contributed by atoms with Crippen LogP contribution in [0.2, 0.25) is 0 Å². The summed E-state index contributed by atoms with van der Waals surface area (Å²) in [4.78, 5) is 32.6. The van der Waals surface area contributed by atoms with Crippen molar-refractivity contribution in [3.8, 4) is 0 Å². The van der Waals surface area contributed by atoms with Gasteiger partial charge in [0.2, 0.25) is 5.95 Å². The first kappa shape index (κ1) is 24.7. The highest BCUT2D eigenvalue weighted by atomic mass is 16.5. The maximum absolute atomic E-state index is 12.8. The van der Waals surface area contributed by atoms with Crippen LogP contribution in [0.5, 0.6) is 0 Å². The predicted octanol–water partition coefficient (Wildman–Crippen LogP) is 4.11. The lowest BCUT2D eigenvalue weighted by molar-refractivity contribution is 0.102. The van der Waals surface area contributed by atoms with Gasteiger partial charge in [-0.15, -0.1) is 0 Å². The number of nitrogens with one attached hydrogen (secondary N) is 3. The lowest BCUT2D eigenvalue weighted by atomic mass is 10.1. The first-order valence-electron chi connectivity index (χ1n) is 11.5. The zero-order chi connectivity index (χ0) is 25.7. The van der Waals surface area contributed by atoms with E-state index in [1.165, 1.54) is 6.33 Å². The highest BCUT2D eigenvalue weighted by Crippen LogP contribution is 2.26. The van der Waals surface area contributed by atoms with Gasteiger partial charge in [-0.2, -0.15) is 0 Å². The van der Waals surface area contributed by atoms with Gasteiger partial charge in [-0.25, -0.2) is 19.9 Å². The number of nitrogens with zero attached hydrogens (tertiary/aromatic N) is 6. The summed E-state index contributed by atoms with van der Waals surface area (Å²) in [7, 11) is 4.08. The Morgan fingerprint density at radius 2 is 2.00 bits per heavy atom. The number of carbonyl (C=O) groups excluding carboxylic acids is 1. The van der Waals surface area contributed by atoms with Crippen LogP contribution < -0.4 is 16.0 Å². The normalized spacial score (nSPS) is 11.0. The molecule has 11 heteroatoms. The van der Waals surface area contributed by atoms with E-state index in [0.29, 0.717) is 45.6 Å². The summed E-state index contributed by atoms with van der Waals surface area (Å²) in [6.07, 6.45) is 4.08. The minimum absolute atomic E-state index is 0.317. The number of aryl methyl sites for hydroxylation is 1. The molecule has 0 saturated heterocycles. The Morgan fingerprint density at radius 3 is 2.75 bits per heavy atom. The molecule has 0 fully saturated rings. The van der Waals surface area contributed by atoms with Crippen LogP contribution >= 0.6 is 0 Å². The molecule has 1 aromatic carbocycles. The lowest BCUT2D eigenvalue weighted by Gasteiger charge is -2.13. The van der Waals surface area contributed by atoms with E-state index in [4.69, 9.17) is 4.52 Å². The molecule has 36 heavy (non-hydrogen) atoms. The molecule has 1 amide bonds. The fourth-order valence-corrected chi connectivity index (χ4v) is 3.38. The maximum Gasteiger partial charge on any atom is 0.256 e. The number of benzene rings is 1. The zero-order valence-electron chi connectivity index (χ0n) is 20.8. The van der Waals surface area contributed by atoms with Crippen molar-refractivity contribution in [2.45, 2.75) is 20.3 Å². The molecule has 3 N–H and O–H groups in total. The monoisotopic (exact) mass is 487 g/mol. The van der Waals surface area contributed by atoms with Crippen LogP contribution in [-0.4, -0.2) is 63.1 Å². The number of aromatic nitrogens is 5. The Bertz CT molecular complexity index is 1400. The number of allylic oxidation sites excluding steroid dienone is 1. The van der Waals surface area contributed by atoms with Gasteiger partial charge in [-0.3, -0.25) is 4.79 Å².